The standard InChI is InChI=1S/C13H19NOS/c1-15-13-7-6-10(16-2)9-11(13)12-5-3-4-8-14-12/h6-7,9,12,14H,3-5,8H2,1-2H3. The molecule has 1 unspecified atom stereocenters. The highest BCUT2D eigenvalue weighted by molar-refractivity contribution is 7.98. The fourth-order valence-corrected chi connectivity index (χ4v) is 2.68. The fourth-order valence-electron chi connectivity index (χ4n) is 2.23. The van der Waals surface area contributed by atoms with Gasteiger partial charge in [-0.2, -0.15) is 0 Å². The lowest BCUT2D eigenvalue weighted by Crippen LogP contribution is -2.27. The number of benzene rings is 1. The lowest BCUT2D eigenvalue weighted by molar-refractivity contribution is 0.373. The molecule has 1 aliphatic rings. The van der Waals surface area contributed by atoms with Crippen molar-refractivity contribution < 1.29 is 4.74 Å². The van der Waals surface area contributed by atoms with Crippen LogP contribution in [0.1, 0.15) is 30.9 Å². The van der Waals surface area contributed by atoms with Gasteiger partial charge in [-0.25, -0.2) is 0 Å². The Hall–Kier alpha value is -0.670. The van der Waals surface area contributed by atoms with Crippen LogP contribution >= 0.6 is 11.8 Å². The highest BCUT2D eigenvalue weighted by atomic mass is 32.2. The molecule has 1 N–H and O–H groups in total. The largest absolute Gasteiger partial charge is 0.496 e. The molecule has 0 radical (unpaired) electrons. The molecule has 3 heteroatoms. The normalized spacial score (nSPS) is 20.8. The number of ether oxygens (including phenoxy) is 1. The molecule has 1 saturated heterocycles. The molecule has 0 amide bonds. The van der Waals surface area contributed by atoms with Gasteiger partial charge in [0.15, 0.2) is 0 Å². The molecule has 1 atom stereocenters. The molecule has 0 saturated carbocycles. The van der Waals surface area contributed by atoms with E-state index in [-0.39, 0.29) is 0 Å². The van der Waals surface area contributed by atoms with Crippen molar-refractivity contribution in [2.24, 2.45) is 0 Å². The monoisotopic (exact) mass is 237 g/mol. The molecule has 1 aromatic carbocycles. The van der Waals surface area contributed by atoms with Crippen molar-refractivity contribution in [2.45, 2.75) is 30.2 Å². The van der Waals surface area contributed by atoms with Crippen molar-refractivity contribution in [1.29, 1.82) is 0 Å². The van der Waals surface area contributed by atoms with Crippen LogP contribution in [-0.4, -0.2) is 19.9 Å². The summed E-state index contributed by atoms with van der Waals surface area (Å²) in [6.45, 7) is 1.12. The molecule has 0 aliphatic carbocycles. The number of nitrogens with one attached hydrogen (secondary N) is 1. The van der Waals surface area contributed by atoms with Crippen molar-refractivity contribution in [3.05, 3.63) is 23.8 Å². The summed E-state index contributed by atoms with van der Waals surface area (Å²) in [5, 5.41) is 3.57. The molecule has 1 fully saturated rings. The minimum absolute atomic E-state index is 0.468. The number of hydrogen-bond acceptors (Lipinski definition) is 3. The Morgan fingerprint density at radius 1 is 1.38 bits per heavy atom. The third-order valence-electron chi connectivity index (χ3n) is 3.12. The van der Waals surface area contributed by atoms with Crippen molar-refractivity contribution in [2.75, 3.05) is 19.9 Å². The van der Waals surface area contributed by atoms with Gasteiger partial charge in [0.1, 0.15) is 5.75 Å². The molecule has 16 heavy (non-hydrogen) atoms. The zero-order valence-electron chi connectivity index (χ0n) is 9.95. The third-order valence-corrected chi connectivity index (χ3v) is 3.85. The molecular weight excluding hydrogens is 218 g/mol. The van der Waals surface area contributed by atoms with Crippen LogP contribution in [-0.2, 0) is 0 Å². The van der Waals surface area contributed by atoms with E-state index in [1.165, 1.54) is 29.7 Å². The predicted molar refractivity (Wildman–Crippen MR) is 69.4 cm³/mol. The average Bonchev–Trinajstić information content (AvgIpc) is 2.39. The Labute approximate surface area is 102 Å². The SMILES string of the molecule is COc1ccc(SC)cc1C1CCCCN1. The maximum absolute atomic E-state index is 5.45. The van der Waals surface area contributed by atoms with Gasteiger partial charge in [0.2, 0.25) is 0 Å². The Morgan fingerprint density at radius 2 is 2.25 bits per heavy atom. The maximum Gasteiger partial charge on any atom is 0.123 e. The number of methoxy groups -OCH3 is 1. The van der Waals surface area contributed by atoms with Gasteiger partial charge in [0.25, 0.3) is 0 Å². The highest BCUT2D eigenvalue weighted by Gasteiger charge is 2.18. The second-order valence-electron chi connectivity index (χ2n) is 4.11. The van der Waals surface area contributed by atoms with E-state index in [0.29, 0.717) is 6.04 Å². The van der Waals surface area contributed by atoms with Crippen molar-refractivity contribution in [1.82, 2.24) is 5.32 Å². The molecule has 0 aromatic heterocycles. The van der Waals surface area contributed by atoms with Gasteiger partial charge in [0.05, 0.1) is 7.11 Å². The first-order valence-electron chi connectivity index (χ1n) is 5.80. The van der Waals surface area contributed by atoms with Crippen LogP contribution in [0.25, 0.3) is 0 Å². The van der Waals surface area contributed by atoms with E-state index in [2.05, 4.69) is 29.8 Å². The summed E-state index contributed by atoms with van der Waals surface area (Å²) in [7, 11) is 1.75. The van der Waals surface area contributed by atoms with Crippen LogP contribution in [0.2, 0.25) is 0 Å². The van der Waals surface area contributed by atoms with Crippen LogP contribution in [0.3, 0.4) is 0 Å². The summed E-state index contributed by atoms with van der Waals surface area (Å²) >= 11 is 1.78. The summed E-state index contributed by atoms with van der Waals surface area (Å²) in [6, 6.07) is 6.93. The molecule has 0 spiro atoms. The van der Waals surface area contributed by atoms with Crippen LogP contribution < -0.4 is 10.1 Å². The smallest absolute Gasteiger partial charge is 0.123 e. The molecule has 1 aromatic rings. The van der Waals surface area contributed by atoms with E-state index in [9.17, 15) is 0 Å². The Morgan fingerprint density at radius 3 is 2.88 bits per heavy atom. The highest BCUT2D eigenvalue weighted by Crippen LogP contribution is 2.33. The van der Waals surface area contributed by atoms with Crippen LogP contribution in [0.4, 0.5) is 0 Å². The molecule has 2 nitrogen and oxygen atoms in total. The molecule has 2 rings (SSSR count). The quantitative estimate of drug-likeness (QED) is 0.816. The summed E-state index contributed by atoms with van der Waals surface area (Å²) in [5.41, 5.74) is 1.31. The fraction of sp³-hybridized carbons (Fsp3) is 0.538. The predicted octanol–water partition coefficient (Wildman–Crippen LogP) is 3.23. The van der Waals surface area contributed by atoms with Crippen molar-refractivity contribution >= 4 is 11.8 Å². The summed E-state index contributed by atoms with van der Waals surface area (Å²) in [5.74, 6) is 1.01. The van der Waals surface area contributed by atoms with Crippen LogP contribution in [0.5, 0.6) is 5.75 Å². The van der Waals surface area contributed by atoms with Crippen molar-refractivity contribution in [3.8, 4) is 5.75 Å². The Bertz CT molecular complexity index is 348. The van der Waals surface area contributed by atoms with E-state index in [0.717, 1.165) is 12.3 Å². The molecule has 1 heterocycles. The van der Waals surface area contributed by atoms with Crippen LogP contribution in [0.15, 0.2) is 23.1 Å². The molecule has 88 valence electrons. The van der Waals surface area contributed by atoms with Crippen LogP contribution in [0, 0.1) is 0 Å². The van der Waals surface area contributed by atoms with Gasteiger partial charge < -0.3 is 10.1 Å². The van der Waals surface area contributed by atoms with Gasteiger partial charge in [-0.05, 0) is 43.8 Å². The first kappa shape index (κ1) is 11.8. The van der Waals surface area contributed by atoms with Crippen molar-refractivity contribution in [3.63, 3.8) is 0 Å². The Kier molecular flexibility index (Phi) is 4.13. The third kappa shape index (κ3) is 2.53. The topological polar surface area (TPSA) is 21.3 Å². The van der Waals surface area contributed by atoms with Gasteiger partial charge in [0, 0.05) is 16.5 Å². The van der Waals surface area contributed by atoms with E-state index in [1.54, 1.807) is 18.9 Å². The van der Waals surface area contributed by atoms with E-state index < -0.39 is 0 Å². The average molecular weight is 237 g/mol. The number of rotatable bonds is 3. The van der Waals surface area contributed by atoms with E-state index in [1.807, 2.05) is 0 Å². The second kappa shape index (κ2) is 5.60. The second-order valence-corrected chi connectivity index (χ2v) is 4.99. The van der Waals surface area contributed by atoms with Gasteiger partial charge in [-0.1, -0.05) is 6.42 Å². The molecule has 0 bridgehead atoms. The Balaban J connectivity index is 2.27. The van der Waals surface area contributed by atoms with Gasteiger partial charge >= 0.3 is 0 Å². The zero-order chi connectivity index (χ0) is 11.4. The minimum atomic E-state index is 0.468. The molecule has 1 aliphatic heterocycles. The van der Waals surface area contributed by atoms with E-state index >= 15 is 0 Å². The first-order chi connectivity index (χ1) is 7.85. The number of piperidine rings is 1. The lowest BCUT2D eigenvalue weighted by Gasteiger charge is -2.25. The zero-order valence-corrected chi connectivity index (χ0v) is 10.8. The van der Waals surface area contributed by atoms with E-state index in [4.69, 9.17) is 4.74 Å². The van der Waals surface area contributed by atoms with Gasteiger partial charge in [-0.3, -0.25) is 0 Å². The summed E-state index contributed by atoms with van der Waals surface area (Å²) < 4.78 is 5.45. The maximum atomic E-state index is 5.45. The minimum Gasteiger partial charge on any atom is -0.496 e. The first-order valence-corrected chi connectivity index (χ1v) is 7.03. The number of thioether (sulfide) groups is 1. The summed E-state index contributed by atoms with van der Waals surface area (Å²) in [6.07, 6.45) is 5.93. The summed E-state index contributed by atoms with van der Waals surface area (Å²) in [4.78, 5) is 1.31. The number of hydrogen-bond donors (Lipinski definition) is 1. The molecular formula is C13H19NOS. The lowest BCUT2D eigenvalue weighted by atomic mass is 9.97. The van der Waals surface area contributed by atoms with Gasteiger partial charge in [-0.15, -0.1) is 11.8 Å².